The maximum Gasteiger partial charge on any atom is 0.163 e. The fourth-order valence-corrected chi connectivity index (χ4v) is 1.97. The molecule has 2 aromatic rings. The van der Waals surface area contributed by atoms with E-state index in [2.05, 4.69) is 6.58 Å². The number of hydrogen-bond acceptors (Lipinski definition) is 2. The predicted molar refractivity (Wildman–Crippen MR) is 85.6 cm³/mol. The second kappa shape index (κ2) is 7.44. The average molecular weight is 280 g/mol. The first kappa shape index (κ1) is 15.0. The van der Waals surface area contributed by atoms with Crippen molar-refractivity contribution in [3.8, 4) is 5.75 Å². The number of carbonyl (C=O) groups is 1. The number of ketones is 1. The zero-order valence-corrected chi connectivity index (χ0v) is 12.3. The third-order valence-corrected chi connectivity index (χ3v) is 3.18. The van der Waals surface area contributed by atoms with Crippen LogP contribution in [-0.2, 0) is 6.61 Å². The third kappa shape index (κ3) is 4.92. The van der Waals surface area contributed by atoms with Crippen molar-refractivity contribution in [2.45, 2.75) is 26.4 Å². The number of ether oxygens (including phenoxy) is 1. The lowest BCUT2D eigenvalue weighted by Gasteiger charge is -2.08. The predicted octanol–water partition coefficient (Wildman–Crippen LogP) is 4.80. The molecule has 0 atom stereocenters. The molecule has 0 aliphatic heterocycles. The summed E-state index contributed by atoms with van der Waals surface area (Å²) in [5.41, 5.74) is 2.83. The Balaban J connectivity index is 1.97. The minimum atomic E-state index is 0.128. The summed E-state index contributed by atoms with van der Waals surface area (Å²) in [6, 6.07) is 17.3. The van der Waals surface area contributed by atoms with E-state index in [1.165, 1.54) is 0 Å². The lowest BCUT2D eigenvalue weighted by molar-refractivity contribution is 0.0982. The fraction of sp³-hybridized carbons (Fsp3) is 0.211. The van der Waals surface area contributed by atoms with E-state index in [0.717, 1.165) is 23.3 Å². The van der Waals surface area contributed by atoms with Gasteiger partial charge in [0.25, 0.3) is 0 Å². The summed E-state index contributed by atoms with van der Waals surface area (Å²) in [5, 5.41) is 0. The summed E-state index contributed by atoms with van der Waals surface area (Å²) in [7, 11) is 0. The highest BCUT2D eigenvalue weighted by molar-refractivity contribution is 5.96. The van der Waals surface area contributed by atoms with Gasteiger partial charge in [-0.15, -0.1) is 6.58 Å². The number of benzene rings is 2. The molecule has 0 unspecified atom stereocenters. The van der Waals surface area contributed by atoms with Crippen LogP contribution in [0.3, 0.4) is 0 Å². The summed E-state index contributed by atoms with van der Waals surface area (Å²) >= 11 is 0. The Kier molecular flexibility index (Phi) is 5.33. The van der Waals surface area contributed by atoms with Crippen LogP contribution in [0.5, 0.6) is 5.75 Å². The van der Waals surface area contributed by atoms with Gasteiger partial charge in [-0.2, -0.15) is 0 Å². The molecule has 0 heterocycles. The van der Waals surface area contributed by atoms with Gasteiger partial charge in [0.05, 0.1) is 0 Å². The molecule has 0 amide bonds. The third-order valence-electron chi connectivity index (χ3n) is 3.18. The molecule has 0 saturated carbocycles. The second-order valence-corrected chi connectivity index (χ2v) is 5.18. The highest BCUT2D eigenvalue weighted by Crippen LogP contribution is 2.17. The summed E-state index contributed by atoms with van der Waals surface area (Å²) in [5.74, 6) is 0.850. The summed E-state index contributed by atoms with van der Waals surface area (Å²) in [6.45, 7) is 6.27. The van der Waals surface area contributed by atoms with E-state index in [1.54, 1.807) is 0 Å². The Bertz CT molecular complexity index is 614. The van der Waals surface area contributed by atoms with E-state index in [4.69, 9.17) is 4.74 Å². The molecule has 0 aliphatic rings. The van der Waals surface area contributed by atoms with Gasteiger partial charge in [0.15, 0.2) is 5.78 Å². The molecule has 2 aromatic carbocycles. The molecule has 0 radical (unpaired) electrons. The Morgan fingerprint density at radius 3 is 2.52 bits per heavy atom. The molecule has 0 aliphatic carbocycles. The smallest absolute Gasteiger partial charge is 0.163 e. The van der Waals surface area contributed by atoms with Gasteiger partial charge in [-0.25, -0.2) is 0 Å². The van der Waals surface area contributed by atoms with Crippen molar-refractivity contribution < 1.29 is 9.53 Å². The van der Waals surface area contributed by atoms with Crippen molar-refractivity contribution >= 4 is 5.78 Å². The molecular formula is C19H20O2. The van der Waals surface area contributed by atoms with Gasteiger partial charge >= 0.3 is 0 Å². The normalized spacial score (nSPS) is 10.1. The minimum Gasteiger partial charge on any atom is -0.489 e. The van der Waals surface area contributed by atoms with Crippen LogP contribution < -0.4 is 4.74 Å². The lowest BCUT2D eigenvalue weighted by atomic mass is 10.0. The van der Waals surface area contributed by atoms with Crippen LogP contribution >= 0.6 is 0 Å². The van der Waals surface area contributed by atoms with Crippen molar-refractivity contribution in [2.24, 2.45) is 0 Å². The number of hydrogen-bond donors (Lipinski definition) is 0. The summed E-state index contributed by atoms with van der Waals surface area (Å²) in [4.78, 5) is 12.1. The molecule has 108 valence electrons. The number of Topliss-reactive ketones (excluding diaryl/α,β-unsaturated/α-hetero) is 1. The van der Waals surface area contributed by atoms with E-state index in [-0.39, 0.29) is 5.78 Å². The Morgan fingerprint density at radius 2 is 1.81 bits per heavy atom. The van der Waals surface area contributed by atoms with E-state index in [9.17, 15) is 4.79 Å². The molecule has 2 heteroatoms. The maximum absolute atomic E-state index is 12.1. The molecule has 0 N–H and O–H groups in total. The lowest BCUT2D eigenvalue weighted by Crippen LogP contribution is -2.01. The van der Waals surface area contributed by atoms with Gasteiger partial charge in [0.2, 0.25) is 0 Å². The Labute approximate surface area is 126 Å². The molecule has 0 spiro atoms. The Morgan fingerprint density at radius 1 is 1.05 bits per heavy atom. The van der Waals surface area contributed by atoms with Crippen LogP contribution in [0.15, 0.2) is 66.7 Å². The topological polar surface area (TPSA) is 26.3 Å². The second-order valence-electron chi connectivity index (χ2n) is 5.18. The van der Waals surface area contributed by atoms with Crippen LogP contribution in [-0.4, -0.2) is 5.78 Å². The van der Waals surface area contributed by atoms with Crippen molar-refractivity contribution in [3.05, 3.63) is 77.9 Å². The number of allylic oxidation sites excluding steroid dienone is 1. The molecule has 2 nitrogen and oxygen atoms in total. The van der Waals surface area contributed by atoms with Crippen LogP contribution in [0.1, 0.15) is 35.7 Å². The Hall–Kier alpha value is -2.35. The SMILES string of the molecule is C=C(C)CCC(=O)c1cccc(OCc2ccccc2)c1. The van der Waals surface area contributed by atoms with Crippen molar-refractivity contribution in [2.75, 3.05) is 0 Å². The van der Waals surface area contributed by atoms with Gasteiger partial charge in [0.1, 0.15) is 12.4 Å². The molecule has 0 fully saturated rings. The van der Waals surface area contributed by atoms with Crippen LogP contribution in [0, 0.1) is 0 Å². The highest BCUT2D eigenvalue weighted by atomic mass is 16.5. The van der Waals surface area contributed by atoms with Gasteiger partial charge in [0, 0.05) is 12.0 Å². The fourth-order valence-electron chi connectivity index (χ4n) is 1.97. The monoisotopic (exact) mass is 280 g/mol. The van der Waals surface area contributed by atoms with Gasteiger partial charge < -0.3 is 4.74 Å². The van der Waals surface area contributed by atoms with Crippen molar-refractivity contribution in [1.82, 2.24) is 0 Å². The molecule has 0 saturated heterocycles. The zero-order valence-electron chi connectivity index (χ0n) is 12.3. The van der Waals surface area contributed by atoms with E-state index >= 15 is 0 Å². The zero-order chi connectivity index (χ0) is 15.1. The first-order valence-corrected chi connectivity index (χ1v) is 7.09. The van der Waals surface area contributed by atoms with Gasteiger partial charge in [-0.1, -0.05) is 48.0 Å². The first-order valence-electron chi connectivity index (χ1n) is 7.09. The van der Waals surface area contributed by atoms with Gasteiger partial charge in [-0.3, -0.25) is 4.79 Å². The largest absolute Gasteiger partial charge is 0.489 e. The minimum absolute atomic E-state index is 0.128. The molecule has 21 heavy (non-hydrogen) atoms. The van der Waals surface area contributed by atoms with Crippen LogP contribution in [0.25, 0.3) is 0 Å². The van der Waals surface area contributed by atoms with Crippen LogP contribution in [0.2, 0.25) is 0 Å². The molecule has 0 aromatic heterocycles. The number of rotatable bonds is 7. The van der Waals surface area contributed by atoms with Crippen molar-refractivity contribution in [1.29, 1.82) is 0 Å². The molecule has 0 bridgehead atoms. The maximum atomic E-state index is 12.1. The standard InChI is InChI=1S/C19H20O2/c1-15(2)11-12-19(20)17-9-6-10-18(13-17)21-14-16-7-4-3-5-8-16/h3-10,13H,1,11-12,14H2,2H3. The summed E-state index contributed by atoms with van der Waals surface area (Å²) in [6.07, 6.45) is 1.23. The number of carbonyl (C=O) groups excluding carboxylic acids is 1. The van der Waals surface area contributed by atoms with E-state index in [1.807, 2.05) is 61.5 Å². The van der Waals surface area contributed by atoms with Crippen LogP contribution in [0.4, 0.5) is 0 Å². The van der Waals surface area contributed by atoms with Gasteiger partial charge in [-0.05, 0) is 31.0 Å². The first-order chi connectivity index (χ1) is 10.1. The highest BCUT2D eigenvalue weighted by Gasteiger charge is 2.07. The molecule has 2 rings (SSSR count). The quantitative estimate of drug-likeness (QED) is 0.537. The average Bonchev–Trinajstić information content (AvgIpc) is 2.52. The molecular weight excluding hydrogens is 260 g/mol. The van der Waals surface area contributed by atoms with E-state index in [0.29, 0.717) is 18.6 Å². The van der Waals surface area contributed by atoms with Crippen molar-refractivity contribution in [3.63, 3.8) is 0 Å². The van der Waals surface area contributed by atoms with E-state index < -0.39 is 0 Å². The summed E-state index contributed by atoms with van der Waals surface area (Å²) < 4.78 is 5.74.